The predicted octanol–water partition coefficient (Wildman–Crippen LogP) is 0.739. The van der Waals surface area contributed by atoms with Crippen LogP contribution in [0.25, 0.3) is 5.69 Å². The number of hydrogen-bond donors (Lipinski definition) is 2. The van der Waals surface area contributed by atoms with Gasteiger partial charge in [-0.1, -0.05) is 18.2 Å². The van der Waals surface area contributed by atoms with Gasteiger partial charge in [0, 0.05) is 6.07 Å². The van der Waals surface area contributed by atoms with Gasteiger partial charge in [0.2, 0.25) is 0 Å². The zero-order valence-corrected chi connectivity index (χ0v) is 9.29. The molecular formula is C12H12N2O3. The highest BCUT2D eigenvalue weighted by atomic mass is 16.3. The van der Waals surface area contributed by atoms with Gasteiger partial charge in [0.05, 0.1) is 12.3 Å². The zero-order chi connectivity index (χ0) is 12.4. The van der Waals surface area contributed by atoms with Crippen LogP contribution in [0.4, 0.5) is 0 Å². The molecule has 1 aromatic heterocycles. The second-order valence-electron chi connectivity index (χ2n) is 3.67. The number of aliphatic hydroxyl groups excluding tert-OH is 1. The van der Waals surface area contributed by atoms with Crippen molar-refractivity contribution >= 4 is 0 Å². The molecule has 0 radical (unpaired) electrons. The Kier molecular flexibility index (Phi) is 2.93. The number of aromatic nitrogens is 2. The highest BCUT2D eigenvalue weighted by molar-refractivity contribution is 5.39. The molecule has 17 heavy (non-hydrogen) atoms. The van der Waals surface area contributed by atoms with E-state index in [2.05, 4.69) is 5.10 Å². The smallest absolute Gasteiger partial charge is 0.275 e. The summed E-state index contributed by atoms with van der Waals surface area (Å²) >= 11 is 0. The number of aromatic hydroxyl groups is 1. The number of nitrogens with zero attached hydrogens (tertiary/aromatic N) is 2. The number of benzene rings is 1. The molecule has 0 bridgehead atoms. The van der Waals surface area contributed by atoms with Crippen LogP contribution < -0.4 is 5.56 Å². The molecule has 1 heterocycles. The molecule has 5 heteroatoms. The molecule has 5 nitrogen and oxygen atoms in total. The van der Waals surface area contributed by atoms with E-state index in [4.69, 9.17) is 5.11 Å². The maximum absolute atomic E-state index is 11.7. The monoisotopic (exact) mass is 232 g/mol. The van der Waals surface area contributed by atoms with Crippen molar-refractivity contribution in [1.82, 2.24) is 9.78 Å². The first kappa shape index (κ1) is 11.3. The van der Waals surface area contributed by atoms with E-state index in [0.29, 0.717) is 5.69 Å². The van der Waals surface area contributed by atoms with Crippen LogP contribution in [-0.4, -0.2) is 20.0 Å². The molecule has 0 saturated heterocycles. The Morgan fingerprint density at radius 2 is 2.06 bits per heavy atom. The fourth-order valence-corrected chi connectivity index (χ4v) is 1.57. The summed E-state index contributed by atoms with van der Waals surface area (Å²) in [4.78, 5) is 11.7. The Bertz CT molecular complexity index is 605. The Morgan fingerprint density at radius 3 is 2.71 bits per heavy atom. The van der Waals surface area contributed by atoms with Gasteiger partial charge < -0.3 is 10.2 Å². The van der Waals surface area contributed by atoms with Crippen LogP contribution in [0.1, 0.15) is 11.3 Å². The van der Waals surface area contributed by atoms with Crippen LogP contribution in [0.5, 0.6) is 5.75 Å². The van der Waals surface area contributed by atoms with Gasteiger partial charge in [-0.3, -0.25) is 4.79 Å². The van der Waals surface area contributed by atoms with E-state index >= 15 is 0 Å². The van der Waals surface area contributed by atoms with Gasteiger partial charge in [-0.25, -0.2) is 0 Å². The first-order valence-corrected chi connectivity index (χ1v) is 5.12. The molecule has 0 saturated carbocycles. The van der Waals surface area contributed by atoms with Crippen molar-refractivity contribution in [3.05, 3.63) is 51.9 Å². The van der Waals surface area contributed by atoms with E-state index in [9.17, 15) is 9.90 Å². The van der Waals surface area contributed by atoms with Crippen LogP contribution >= 0.6 is 0 Å². The average Bonchev–Trinajstić information content (AvgIpc) is 2.31. The second-order valence-corrected chi connectivity index (χ2v) is 3.67. The van der Waals surface area contributed by atoms with Crippen molar-refractivity contribution in [2.24, 2.45) is 0 Å². The van der Waals surface area contributed by atoms with E-state index in [1.807, 2.05) is 19.1 Å². The van der Waals surface area contributed by atoms with Gasteiger partial charge in [0.15, 0.2) is 0 Å². The number of aliphatic hydroxyl groups is 1. The molecule has 2 rings (SSSR count). The molecule has 0 spiro atoms. The molecule has 2 aromatic rings. The lowest BCUT2D eigenvalue weighted by Gasteiger charge is -2.09. The van der Waals surface area contributed by atoms with Gasteiger partial charge in [-0.15, -0.1) is 0 Å². The molecule has 0 atom stereocenters. The average molecular weight is 232 g/mol. The van der Waals surface area contributed by atoms with Crippen LogP contribution in [0.3, 0.4) is 0 Å². The Hall–Kier alpha value is -2.14. The largest absolute Gasteiger partial charge is 0.506 e. The summed E-state index contributed by atoms with van der Waals surface area (Å²) in [5, 5.41) is 22.3. The van der Waals surface area contributed by atoms with Crippen LogP contribution in [-0.2, 0) is 6.61 Å². The van der Waals surface area contributed by atoms with E-state index in [-0.39, 0.29) is 11.4 Å². The van der Waals surface area contributed by atoms with E-state index in [1.165, 1.54) is 4.68 Å². The van der Waals surface area contributed by atoms with Crippen molar-refractivity contribution in [3.8, 4) is 11.4 Å². The standard InChI is InChI=1S/C12H12N2O3/c1-8-4-2-3-5-10(8)14-12(17)6-11(16)9(7-15)13-14/h2-6,15-16H,7H2,1H3. The first-order chi connectivity index (χ1) is 8.13. The minimum atomic E-state index is -0.436. The SMILES string of the molecule is Cc1ccccc1-n1nc(CO)c(O)cc1=O. The van der Waals surface area contributed by atoms with Gasteiger partial charge >= 0.3 is 0 Å². The quantitative estimate of drug-likeness (QED) is 0.800. The highest BCUT2D eigenvalue weighted by Gasteiger charge is 2.09. The fraction of sp³-hybridized carbons (Fsp3) is 0.167. The molecule has 0 aliphatic heterocycles. The molecule has 1 aromatic carbocycles. The third-order valence-corrected chi connectivity index (χ3v) is 2.48. The summed E-state index contributed by atoms with van der Waals surface area (Å²) in [5.74, 6) is -0.290. The molecule has 0 amide bonds. The zero-order valence-electron chi connectivity index (χ0n) is 9.29. The molecular weight excluding hydrogens is 220 g/mol. The topological polar surface area (TPSA) is 75.3 Å². The molecule has 0 aliphatic carbocycles. The van der Waals surface area contributed by atoms with Gasteiger partial charge in [-0.05, 0) is 18.6 Å². The maximum atomic E-state index is 11.7. The highest BCUT2D eigenvalue weighted by Crippen LogP contribution is 2.14. The third kappa shape index (κ3) is 2.05. The lowest BCUT2D eigenvalue weighted by Crippen LogP contribution is -2.22. The Balaban J connectivity index is 2.68. The minimum absolute atomic E-state index is 0.0767. The van der Waals surface area contributed by atoms with Crippen LogP contribution in [0, 0.1) is 6.92 Å². The molecule has 0 fully saturated rings. The minimum Gasteiger partial charge on any atom is -0.506 e. The first-order valence-electron chi connectivity index (χ1n) is 5.12. The van der Waals surface area contributed by atoms with E-state index in [1.54, 1.807) is 12.1 Å². The Labute approximate surface area is 97.6 Å². The Morgan fingerprint density at radius 1 is 1.35 bits per heavy atom. The van der Waals surface area contributed by atoms with Crippen LogP contribution in [0.15, 0.2) is 35.1 Å². The number of hydrogen-bond acceptors (Lipinski definition) is 4. The maximum Gasteiger partial charge on any atom is 0.275 e. The van der Waals surface area contributed by atoms with Gasteiger partial charge in [-0.2, -0.15) is 9.78 Å². The van der Waals surface area contributed by atoms with E-state index < -0.39 is 12.2 Å². The normalized spacial score (nSPS) is 10.5. The van der Waals surface area contributed by atoms with Gasteiger partial charge in [0.25, 0.3) is 5.56 Å². The summed E-state index contributed by atoms with van der Waals surface area (Å²) in [6.45, 7) is 1.44. The lowest BCUT2D eigenvalue weighted by atomic mass is 10.2. The van der Waals surface area contributed by atoms with Crippen LogP contribution in [0.2, 0.25) is 0 Å². The van der Waals surface area contributed by atoms with E-state index in [0.717, 1.165) is 11.6 Å². The molecule has 0 unspecified atom stereocenters. The summed E-state index contributed by atoms with van der Waals surface area (Å²) < 4.78 is 1.17. The summed E-state index contributed by atoms with van der Waals surface area (Å²) in [6, 6.07) is 8.31. The molecule has 2 N–H and O–H groups in total. The van der Waals surface area contributed by atoms with Crippen molar-refractivity contribution in [2.75, 3.05) is 0 Å². The van der Waals surface area contributed by atoms with Gasteiger partial charge in [0.1, 0.15) is 11.4 Å². The summed E-state index contributed by atoms with van der Waals surface area (Å²) in [5.41, 5.74) is 1.16. The number of para-hydroxylation sites is 1. The summed E-state index contributed by atoms with van der Waals surface area (Å²) in [7, 11) is 0. The van der Waals surface area contributed by atoms with Crippen molar-refractivity contribution in [3.63, 3.8) is 0 Å². The lowest BCUT2D eigenvalue weighted by molar-refractivity contribution is 0.266. The third-order valence-electron chi connectivity index (χ3n) is 2.48. The molecule has 88 valence electrons. The second kappa shape index (κ2) is 4.39. The van der Waals surface area contributed by atoms with Crippen molar-refractivity contribution in [2.45, 2.75) is 13.5 Å². The van der Waals surface area contributed by atoms with Crippen molar-refractivity contribution < 1.29 is 10.2 Å². The fourth-order valence-electron chi connectivity index (χ4n) is 1.57. The summed E-state index contributed by atoms with van der Waals surface area (Å²) in [6.07, 6.45) is 0. The number of rotatable bonds is 2. The molecule has 0 aliphatic rings. The van der Waals surface area contributed by atoms with Crippen molar-refractivity contribution in [1.29, 1.82) is 0 Å². The predicted molar refractivity (Wildman–Crippen MR) is 62.2 cm³/mol. The number of aryl methyl sites for hydroxylation is 1.